The average Bonchev–Trinajstić information content (AvgIpc) is 2.48. The maximum absolute atomic E-state index is 12.2. The first-order chi connectivity index (χ1) is 10.8. The van der Waals surface area contributed by atoms with E-state index in [0.29, 0.717) is 11.3 Å². The van der Waals surface area contributed by atoms with Gasteiger partial charge in [-0.25, -0.2) is 13.2 Å². The van der Waals surface area contributed by atoms with Crippen LogP contribution in [0.4, 0.5) is 5.69 Å². The zero-order valence-corrected chi connectivity index (χ0v) is 12.7. The molecule has 0 saturated carbocycles. The predicted octanol–water partition coefficient (Wildman–Crippen LogP) is 1.21. The molecule has 8 heteroatoms. The van der Waals surface area contributed by atoms with Crippen molar-refractivity contribution in [1.29, 1.82) is 0 Å². The van der Waals surface area contributed by atoms with Gasteiger partial charge in [-0.2, -0.15) is 0 Å². The predicted molar refractivity (Wildman–Crippen MR) is 83.6 cm³/mol. The van der Waals surface area contributed by atoms with Crippen LogP contribution in [0.15, 0.2) is 53.4 Å². The summed E-state index contributed by atoms with van der Waals surface area (Å²) in [5.41, 5.74) is 6.07. The number of sulfonamides is 1. The van der Waals surface area contributed by atoms with Crippen molar-refractivity contribution in [2.24, 2.45) is 5.73 Å². The monoisotopic (exact) mass is 334 g/mol. The SMILES string of the molecule is NC(=O)Cc1ccc(NS(=O)(=O)c2ccc(C(=O)O)cc2)cc1. The Morgan fingerprint density at radius 3 is 2.04 bits per heavy atom. The topological polar surface area (TPSA) is 127 Å². The lowest BCUT2D eigenvalue weighted by Crippen LogP contribution is -2.14. The summed E-state index contributed by atoms with van der Waals surface area (Å²) < 4.78 is 26.8. The fourth-order valence-electron chi connectivity index (χ4n) is 1.88. The first kappa shape index (κ1) is 16.5. The number of carbonyl (C=O) groups excluding carboxylic acids is 1. The van der Waals surface area contributed by atoms with Gasteiger partial charge in [-0.3, -0.25) is 9.52 Å². The molecule has 0 aliphatic heterocycles. The van der Waals surface area contributed by atoms with Crippen LogP contribution in [0, 0.1) is 0 Å². The molecule has 7 nitrogen and oxygen atoms in total. The molecule has 0 bridgehead atoms. The van der Waals surface area contributed by atoms with E-state index in [1.54, 1.807) is 12.1 Å². The third kappa shape index (κ3) is 4.30. The minimum atomic E-state index is -3.83. The van der Waals surface area contributed by atoms with Crippen molar-refractivity contribution < 1.29 is 23.1 Å². The summed E-state index contributed by atoms with van der Waals surface area (Å²) >= 11 is 0. The molecular weight excluding hydrogens is 320 g/mol. The van der Waals surface area contributed by atoms with Crippen molar-refractivity contribution >= 4 is 27.6 Å². The molecule has 2 aromatic carbocycles. The second kappa shape index (κ2) is 6.49. The van der Waals surface area contributed by atoms with E-state index in [9.17, 15) is 18.0 Å². The van der Waals surface area contributed by atoms with Gasteiger partial charge in [-0.15, -0.1) is 0 Å². The zero-order valence-electron chi connectivity index (χ0n) is 11.9. The summed E-state index contributed by atoms with van der Waals surface area (Å²) in [7, 11) is -3.83. The maximum atomic E-state index is 12.2. The summed E-state index contributed by atoms with van der Waals surface area (Å²) in [6.07, 6.45) is 0.0731. The Morgan fingerprint density at radius 1 is 1.00 bits per heavy atom. The molecule has 2 aromatic rings. The highest BCUT2D eigenvalue weighted by Crippen LogP contribution is 2.17. The average molecular weight is 334 g/mol. The fourth-order valence-corrected chi connectivity index (χ4v) is 2.94. The molecule has 2 rings (SSSR count). The van der Waals surface area contributed by atoms with Crippen molar-refractivity contribution in [2.45, 2.75) is 11.3 Å². The Bertz CT molecular complexity index is 827. The minimum Gasteiger partial charge on any atom is -0.478 e. The first-order valence-electron chi connectivity index (χ1n) is 6.51. The van der Waals surface area contributed by atoms with Gasteiger partial charge in [0.2, 0.25) is 5.91 Å². The summed E-state index contributed by atoms with van der Waals surface area (Å²) in [6, 6.07) is 11.1. The Morgan fingerprint density at radius 2 is 1.57 bits per heavy atom. The Hall–Kier alpha value is -2.87. The van der Waals surface area contributed by atoms with Crippen molar-refractivity contribution in [3.05, 3.63) is 59.7 Å². The van der Waals surface area contributed by atoms with E-state index in [1.165, 1.54) is 36.4 Å². The van der Waals surface area contributed by atoms with E-state index < -0.39 is 21.9 Å². The van der Waals surface area contributed by atoms with Crippen LogP contribution in [0.1, 0.15) is 15.9 Å². The summed E-state index contributed by atoms with van der Waals surface area (Å²) in [5.74, 6) is -1.61. The maximum Gasteiger partial charge on any atom is 0.335 e. The largest absolute Gasteiger partial charge is 0.478 e. The van der Waals surface area contributed by atoms with E-state index in [4.69, 9.17) is 10.8 Å². The first-order valence-corrected chi connectivity index (χ1v) is 8.00. The number of nitrogens with two attached hydrogens (primary N) is 1. The van der Waals surface area contributed by atoms with E-state index in [1.807, 2.05) is 0 Å². The van der Waals surface area contributed by atoms with Crippen LogP contribution in [0.25, 0.3) is 0 Å². The molecule has 23 heavy (non-hydrogen) atoms. The van der Waals surface area contributed by atoms with Gasteiger partial charge in [0.1, 0.15) is 0 Å². The summed E-state index contributed by atoms with van der Waals surface area (Å²) in [6.45, 7) is 0. The number of amides is 1. The number of carboxylic acid groups (broad SMARTS) is 1. The molecule has 1 amide bonds. The molecule has 0 aliphatic carbocycles. The number of hydrogen-bond acceptors (Lipinski definition) is 4. The van der Waals surface area contributed by atoms with Gasteiger partial charge in [-0.1, -0.05) is 12.1 Å². The van der Waals surface area contributed by atoms with Gasteiger partial charge in [0.25, 0.3) is 10.0 Å². The van der Waals surface area contributed by atoms with Gasteiger partial charge in [0.15, 0.2) is 0 Å². The minimum absolute atomic E-state index is 0.000227. The molecule has 4 N–H and O–H groups in total. The number of primary amides is 1. The molecule has 0 saturated heterocycles. The van der Waals surface area contributed by atoms with Crippen LogP contribution >= 0.6 is 0 Å². The van der Waals surface area contributed by atoms with Gasteiger partial charge in [-0.05, 0) is 42.0 Å². The molecule has 0 unspecified atom stereocenters. The third-order valence-electron chi connectivity index (χ3n) is 3.00. The molecule has 0 atom stereocenters. The molecule has 0 aliphatic rings. The number of nitrogens with one attached hydrogen (secondary N) is 1. The Labute approximate surface area is 132 Å². The molecular formula is C15H14N2O5S. The van der Waals surface area contributed by atoms with Gasteiger partial charge >= 0.3 is 5.97 Å². The number of aromatic carboxylic acids is 1. The van der Waals surface area contributed by atoms with E-state index >= 15 is 0 Å². The quantitative estimate of drug-likeness (QED) is 0.732. The van der Waals surface area contributed by atoms with Crippen molar-refractivity contribution in [3.63, 3.8) is 0 Å². The highest BCUT2D eigenvalue weighted by Gasteiger charge is 2.15. The smallest absolute Gasteiger partial charge is 0.335 e. The second-order valence-electron chi connectivity index (χ2n) is 4.78. The third-order valence-corrected chi connectivity index (χ3v) is 4.39. The van der Waals surface area contributed by atoms with Crippen LogP contribution < -0.4 is 10.5 Å². The number of benzene rings is 2. The lowest BCUT2D eigenvalue weighted by molar-refractivity contribution is -0.117. The van der Waals surface area contributed by atoms with Gasteiger partial charge in [0.05, 0.1) is 16.9 Å². The van der Waals surface area contributed by atoms with E-state index in [-0.39, 0.29) is 16.9 Å². The molecule has 0 aromatic heterocycles. The number of anilines is 1. The molecule has 120 valence electrons. The standard InChI is InChI=1S/C15H14N2O5S/c16-14(18)9-10-1-5-12(6-2-10)17-23(21,22)13-7-3-11(4-8-13)15(19)20/h1-8,17H,9H2,(H2,16,18)(H,19,20). The van der Waals surface area contributed by atoms with Crippen LogP contribution in [0.5, 0.6) is 0 Å². The Kier molecular flexibility index (Phi) is 4.65. The van der Waals surface area contributed by atoms with Gasteiger partial charge in [0, 0.05) is 5.69 Å². The fraction of sp³-hybridized carbons (Fsp3) is 0.0667. The molecule has 0 radical (unpaired) electrons. The zero-order chi connectivity index (χ0) is 17.0. The summed E-state index contributed by atoms with van der Waals surface area (Å²) in [5, 5.41) is 8.80. The van der Waals surface area contributed by atoms with E-state index in [0.717, 1.165) is 0 Å². The molecule has 0 heterocycles. The normalized spacial score (nSPS) is 11.0. The Balaban J connectivity index is 2.17. The second-order valence-corrected chi connectivity index (χ2v) is 6.46. The molecule has 0 fully saturated rings. The summed E-state index contributed by atoms with van der Waals surface area (Å²) in [4.78, 5) is 21.5. The highest BCUT2D eigenvalue weighted by molar-refractivity contribution is 7.92. The lowest BCUT2D eigenvalue weighted by atomic mass is 10.1. The number of hydrogen-bond donors (Lipinski definition) is 3. The highest BCUT2D eigenvalue weighted by atomic mass is 32.2. The van der Waals surface area contributed by atoms with Crippen LogP contribution in [-0.2, 0) is 21.2 Å². The van der Waals surface area contributed by atoms with Gasteiger partial charge < -0.3 is 10.8 Å². The number of carbonyl (C=O) groups is 2. The van der Waals surface area contributed by atoms with Crippen LogP contribution in [0.2, 0.25) is 0 Å². The van der Waals surface area contributed by atoms with Crippen molar-refractivity contribution in [1.82, 2.24) is 0 Å². The van der Waals surface area contributed by atoms with Crippen molar-refractivity contribution in [3.8, 4) is 0 Å². The number of rotatable bonds is 6. The van der Waals surface area contributed by atoms with E-state index in [2.05, 4.69) is 4.72 Å². The van der Waals surface area contributed by atoms with Crippen LogP contribution in [0.3, 0.4) is 0 Å². The van der Waals surface area contributed by atoms with Crippen LogP contribution in [-0.4, -0.2) is 25.4 Å². The van der Waals surface area contributed by atoms with Crippen molar-refractivity contribution in [2.75, 3.05) is 4.72 Å². The molecule has 0 spiro atoms. The number of carboxylic acids is 1. The lowest BCUT2D eigenvalue weighted by Gasteiger charge is -2.09.